The molecule has 1 unspecified atom stereocenters. The van der Waals surface area contributed by atoms with Gasteiger partial charge in [0, 0.05) is 23.5 Å². The number of rotatable bonds is 6. The van der Waals surface area contributed by atoms with Gasteiger partial charge in [-0.05, 0) is 38.0 Å². The Hall–Kier alpha value is -2.04. The smallest absolute Gasteiger partial charge is 0.242 e. The van der Waals surface area contributed by atoms with Gasteiger partial charge in [0.25, 0.3) is 0 Å². The molecule has 0 aliphatic rings. The highest BCUT2D eigenvalue weighted by Gasteiger charge is 2.13. The van der Waals surface area contributed by atoms with E-state index in [4.69, 9.17) is 5.73 Å². The van der Waals surface area contributed by atoms with Crippen LogP contribution in [0.15, 0.2) is 18.2 Å². The van der Waals surface area contributed by atoms with E-state index in [2.05, 4.69) is 10.6 Å². The molecule has 0 saturated carbocycles. The molecule has 1 atom stereocenters. The molecule has 0 heterocycles. The summed E-state index contributed by atoms with van der Waals surface area (Å²) < 4.78 is 0. The molecule has 0 fully saturated rings. The van der Waals surface area contributed by atoms with Gasteiger partial charge in [-0.1, -0.05) is 13.8 Å². The summed E-state index contributed by atoms with van der Waals surface area (Å²) in [6, 6.07) is 4.72. The molecule has 1 rings (SSSR count). The van der Waals surface area contributed by atoms with Crippen molar-refractivity contribution in [1.29, 1.82) is 0 Å². The molecular formula is C15H23N3O2. The number of anilines is 2. The van der Waals surface area contributed by atoms with Gasteiger partial charge in [0.15, 0.2) is 5.78 Å². The van der Waals surface area contributed by atoms with E-state index in [9.17, 15) is 9.59 Å². The first-order chi connectivity index (χ1) is 9.31. The second-order valence-corrected chi connectivity index (χ2v) is 5.36. The van der Waals surface area contributed by atoms with E-state index < -0.39 is 0 Å². The van der Waals surface area contributed by atoms with Crippen molar-refractivity contribution in [2.45, 2.75) is 33.7 Å². The second-order valence-electron chi connectivity index (χ2n) is 5.36. The Labute approximate surface area is 119 Å². The molecule has 0 aliphatic heterocycles. The zero-order valence-electron chi connectivity index (χ0n) is 12.5. The quantitative estimate of drug-likeness (QED) is 0.549. The number of nitrogen functional groups attached to an aromatic ring is 1. The van der Waals surface area contributed by atoms with Gasteiger partial charge in [-0.2, -0.15) is 0 Å². The van der Waals surface area contributed by atoms with E-state index in [1.54, 1.807) is 25.1 Å². The molecule has 0 spiro atoms. The van der Waals surface area contributed by atoms with Crippen LogP contribution in [0, 0.1) is 5.92 Å². The van der Waals surface area contributed by atoms with Crippen molar-refractivity contribution in [2.75, 3.05) is 17.6 Å². The van der Waals surface area contributed by atoms with Gasteiger partial charge < -0.3 is 16.4 Å². The Bertz CT molecular complexity index is 498. The van der Waals surface area contributed by atoms with Crippen LogP contribution in [0.25, 0.3) is 0 Å². The van der Waals surface area contributed by atoms with Crippen molar-refractivity contribution in [1.82, 2.24) is 5.32 Å². The second kappa shape index (κ2) is 6.93. The van der Waals surface area contributed by atoms with Crippen LogP contribution in [0.1, 0.15) is 38.1 Å². The van der Waals surface area contributed by atoms with Crippen LogP contribution in [0.4, 0.5) is 11.4 Å². The summed E-state index contributed by atoms with van der Waals surface area (Å²) in [6.07, 6.45) is 0. The topological polar surface area (TPSA) is 84.2 Å². The van der Waals surface area contributed by atoms with E-state index in [-0.39, 0.29) is 17.7 Å². The maximum Gasteiger partial charge on any atom is 0.242 e. The van der Waals surface area contributed by atoms with Crippen LogP contribution in [-0.2, 0) is 4.79 Å². The van der Waals surface area contributed by atoms with Crippen LogP contribution < -0.4 is 16.4 Å². The zero-order chi connectivity index (χ0) is 15.3. The number of carbonyl (C=O) groups is 2. The van der Waals surface area contributed by atoms with Crippen molar-refractivity contribution >= 4 is 23.1 Å². The average molecular weight is 277 g/mol. The van der Waals surface area contributed by atoms with E-state index in [1.807, 2.05) is 13.8 Å². The highest BCUT2D eigenvalue weighted by Crippen LogP contribution is 2.19. The largest absolute Gasteiger partial charge is 0.398 e. The standard InChI is InChI=1S/C15H23N3O2/c1-9(2)8-17-15(20)10(3)18-12-5-6-14(16)13(7-12)11(4)19/h5-7,9-10,18H,8,16H2,1-4H3,(H,17,20). The molecule has 1 amide bonds. The summed E-state index contributed by atoms with van der Waals surface area (Å²) >= 11 is 0. The number of amides is 1. The van der Waals surface area contributed by atoms with Crippen LogP contribution in [-0.4, -0.2) is 24.3 Å². The number of Topliss-reactive ketones (excluding diaryl/α,β-unsaturated/α-hetero) is 1. The van der Waals surface area contributed by atoms with E-state index in [0.29, 0.717) is 29.4 Å². The first kappa shape index (κ1) is 16.0. The van der Waals surface area contributed by atoms with Gasteiger partial charge in [0.1, 0.15) is 6.04 Å². The predicted molar refractivity (Wildman–Crippen MR) is 81.8 cm³/mol. The maximum atomic E-state index is 11.9. The lowest BCUT2D eigenvalue weighted by Crippen LogP contribution is -2.39. The van der Waals surface area contributed by atoms with Crippen molar-refractivity contribution in [3.8, 4) is 0 Å². The Morgan fingerprint density at radius 2 is 1.90 bits per heavy atom. The third-order valence-corrected chi connectivity index (χ3v) is 2.89. The number of carbonyl (C=O) groups excluding carboxylic acids is 2. The molecule has 0 aromatic heterocycles. The minimum atomic E-state index is -0.378. The minimum absolute atomic E-state index is 0.0695. The Morgan fingerprint density at radius 1 is 1.25 bits per heavy atom. The highest BCUT2D eigenvalue weighted by atomic mass is 16.2. The van der Waals surface area contributed by atoms with Gasteiger partial charge in [-0.25, -0.2) is 0 Å². The molecule has 0 saturated heterocycles. The SMILES string of the molecule is CC(=O)c1cc(NC(C)C(=O)NCC(C)C)ccc1N. The predicted octanol–water partition coefficient (Wildman–Crippen LogP) is 2.04. The van der Waals surface area contributed by atoms with E-state index in [0.717, 1.165) is 0 Å². The number of hydrogen-bond acceptors (Lipinski definition) is 4. The average Bonchev–Trinajstić information content (AvgIpc) is 2.37. The molecule has 0 bridgehead atoms. The third kappa shape index (κ3) is 4.57. The van der Waals surface area contributed by atoms with Gasteiger partial charge >= 0.3 is 0 Å². The number of nitrogens with one attached hydrogen (secondary N) is 2. The van der Waals surface area contributed by atoms with Crippen molar-refractivity contribution in [3.05, 3.63) is 23.8 Å². The lowest BCUT2D eigenvalue weighted by Gasteiger charge is -2.17. The highest BCUT2D eigenvalue weighted by molar-refractivity contribution is 6.00. The lowest BCUT2D eigenvalue weighted by molar-refractivity contribution is -0.121. The zero-order valence-corrected chi connectivity index (χ0v) is 12.5. The van der Waals surface area contributed by atoms with E-state index >= 15 is 0 Å². The Balaban J connectivity index is 2.70. The summed E-state index contributed by atoms with van der Waals surface area (Å²) in [4.78, 5) is 23.3. The lowest BCUT2D eigenvalue weighted by atomic mass is 10.1. The molecule has 4 N–H and O–H groups in total. The molecule has 1 aromatic rings. The first-order valence-corrected chi connectivity index (χ1v) is 6.76. The Morgan fingerprint density at radius 3 is 2.45 bits per heavy atom. The van der Waals surface area contributed by atoms with Gasteiger partial charge in [-0.15, -0.1) is 0 Å². The van der Waals surface area contributed by atoms with Crippen molar-refractivity contribution in [3.63, 3.8) is 0 Å². The third-order valence-electron chi connectivity index (χ3n) is 2.89. The number of benzene rings is 1. The summed E-state index contributed by atoms with van der Waals surface area (Å²) in [5.41, 5.74) is 7.35. The fourth-order valence-electron chi connectivity index (χ4n) is 1.72. The fourth-order valence-corrected chi connectivity index (χ4v) is 1.72. The number of ketones is 1. The molecule has 110 valence electrons. The van der Waals surface area contributed by atoms with Crippen LogP contribution >= 0.6 is 0 Å². The first-order valence-electron chi connectivity index (χ1n) is 6.76. The molecule has 20 heavy (non-hydrogen) atoms. The Kier molecular flexibility index (Phi) is 5.55. The number of hydrogen-bond donors (Lipinski definition) is 3. The summed E-state index contributed by atoms with van der Waals surface area (Å²) in [7, 11) is 0. The molecule has 5 nitrogen and oxygen atoms in total. The molecule has 0 aliphatic carbocycles. The summed E-state index contributed by atoms with van der Waals surface area (Å²) in [6.45, 7) is 7.97. The molecule has 5 heteroatoms. The summed E-state index contributed by atoms with van der Waals surface area (Å²) in [5, 5.41) is 5.93. The minimum Gasteiger partial charge on any atom is -0.398 e. The molecule has 1 aromatic carbocycles. The maximum absolute atomic E-state index is 11.9. The van der Waals surface area contributed by atoms with Crippen LogP contribution in [0.2, 0.25) is 0 Å². The van der Waals surface area contributed by atoms with Gasteiger partial charge in [0.2, 0.25) is 5.91 Å². The number of nitrogens with two attached hydrogens (primary N) is 1. The van der Waals surface area contributed by atoms with Crippen molar-refractivity contribution in [2.24, 2.45) is 5.92 Å². The molecule has 0 radical (unpaired) electrons. The fraction of sp³-hybridized carbons (Fsp3) is 0.467. The van der Waals surface area contributed by atoms with Crippen LogP contribution in [0.3, 0.4) is 0 Å². The van der Waals surface area contributed by atoms with E-state index in [1.165, 1.54) is 6.92 Å². The van der Waals surface area contributed by atoms with Crippen LogP contribution in [0.5, 0.6) is 0 Å². The normalized spacial score (nSPS) is 12.1. The van der Waals surface area contributed by atoms with Gasteiger partial charge in [-0.3, -0.25) is 9.59 Å². The van der Waals surface area contributed by atoms with Crippen molar-refractivity contribution < 1.29 is 9.59 Å². The monoisotopic (exact) mass is 277 g/mol. The molecular weight excluding hydrogens is 254 g/mol. The summed E-state index contributed by atoms with van der Waals surface area (Å²) in [5.74, 6) is 0.245. The van der Waals surface area contributed by atoms with Gasteiger partial charge in [0.05, 0.1) is 0 Å².